The molecule has 20 heavy (non-hydrogen) atoms. The summed E-state index contributed by atoms with van der Waals surface area (Å²) in [4.78, 5) is 4.57. The summed E-state index contributed by atoms with van der Waals surface area (Å²) in [5.74, 6) is 1.70. The summed E-state index contributed by atoms with van der Waals surface area (Å²) in [7, 11) is 3.33. The van der Waals surface area contributed by atoms with E-state index < -0.39 is 0 Å². The van der Waals surface area contributed by atoms with Crippen molar-refractivity contribution >= 4 is 6.21 Å². The molecule has 3 nitrogen and oxygen atoms in total. The molecule has 0 aromatic heterocycles. The van der Waals surface area contributed by atoms with Gasteiger partial charge in [-0.2, -0.15) is 0 Å². The molecule has 0 unspecified atom stereocenters. The lowest BCUT2D eigenvalue weighted by molar-refractivity contribution is 0.414. The van der Waals surface area contributed by atoms with Crippen molar-refractivity contribution in [1.82, 2.24) is 0 Å². The number of benzene rings is 2. The van der Waals surface area contributed by atoms with Gasteiger partial charge < -0.3 is 9.47 Å². The molecule has 2 aromatic carbocycles. The van der Waals surface area contributed by atoms with Crippen molar-refractivity contribution < 1.29 is 9.47 Å². The maximum atomic E-state index is 5.19. The van der Waals surface area contributed by atoms with E-state index in [1.165, 1.54) is 0 Å². The van der Waals surface area contributed by atoms with Gasteiger partial charge in [-0.15, -0.1) is 0 Å². The average molecular weight is 269 g/mol. The highest BCUT2D eigenvalue weighted by atomic mass is 16.5. The van der Waals surface area contributed by atoms with Crippen molar-refractivity contribution in [3.05, 3.63) is 59.7 Å². The Kier molecular flexibility index (Phi) is 4.77. The fraction of sp³-hybridized carbons (Fsp3) is 0.235. The molecule has 3 heteroatoms. The van der Waals surface area contributed by atoms with Gasteiger partial charge in [-0.25, -0.2) is 0 Å². The molecule has 0 heterocycles. The van der Waals surface area contributed by atoms with Gasteiger partial charge in [0.1, 0.15) is 11.5 Å². The van der Waals surface area contributed by atoms with Crippen LogP contribution in [0.2, 0.25) is 0 Å². The van der Waals surface area contributed by atoms with E-state index in [0.717, 1.165) is 22.6 Å². The Balaban J connectivity index is 2.33. The summed E-state index contributed by atoms with van der Waals surface area (Å²) >= 11 is 0. The Morgan fingerprint density at radius 3 is 1.50 bits per heavy atom. The number of ether oxygens (including phenoxy) is 2. The number of rotatable bonds is 5. The van der Waals surface area contributed by atoms with Crippen LogP contribution >= 0.6 is 0 Å². The molecule has 2 aromatic rings. The number of aliphatic imine (C=N–C) groups is 1. The second-order valence-corrected chi connectivity index (χ2v) is 4.36. The largest absolute Gasteiger partial charge is 0.497 e. The Bertz CT molecular complexity index is 511. The Morgan fingerprint density at radius 1 is 0.800 bits per heavy atom. The molecule has 0 aliphatic heterocycles. The Morgan fingerprint density at radius 2 is 1.20 bits per heavy atom. The molecule has 2 rings (SSSR count). The van der Waals surface area contributed by atoms with E-state index in [2.05, 4.69) is 4.99 Å². The van der Waals surface area contributed by atoms with Gasteiger partial charge in [0.25, 0.3) is 0 Å². The van der Waals surface area contributed by atoms with E-state index in [1.54, 1.807) is 14.2 Å². The second kappa shape index (κ2) is 6.75. The lowest BCUT2D eigenvalue weighted by atomic mass is 9.99. The molecule has 0 spiro atoms. The Hall–Kier alpha value is -2.29. The first-order valence-corrected chi connectivity index (χ1v) is 6.54. The topological polar surface area (TPSA) is 30.8 Å². The van der Waals surface area contributed by atoms with Gasteiger partial charge in [0.15, 0.2) is 0 Å². The van der Waals surface area contributed by atoms with Crippen LogP contribution in [-0.4, -0.2) is 20.4 Å². The Labute approximate surface area is 119 Å². The molecule has 0 saturated carbocycles. The van der Waals surface area contributed by atoms with Crippen LogP contribution in [0.4, 0.5) is 0 Å². The molecule has 0 radical (unpaired) electrons. The molecule has 0 aliphatic carbocycles. The summed E-state index contributed by atoms with van der Waals surface area (Å²) in [5.41, 5.74) is 2.27. The van der Waals surface area contributed by atoms with Crippen molar-refractivity contribution in [2.45, 2.75) is 13.0 Å². The summed E-state index contributed by atoms with van der Waals surface area (Å²) < 4.78 is 10.4. The van der Waals surface area contributed by atoms with Crippen LogP contribution in [0.1, 0.15) is 24.1 Å². The number of nitrogens with zero attached hydrogens (tertiary/aromatic N) is 1. The maximum absolute atomic E-state index is 5.19. The van der Waals surface area contributed by atoms with Gasteiger partial charge in [-0.3, -0.25) is 4.99 Å². The first-order chi connectivity index (χ1) is 9.78. The lowest BCUT2D eigenvalue weighted by Crippen LogP contribution is -1.98. The fourth-order valence-corrected chi connectivity index (χ4v) is 2.09. The summed E-state index contributed by atoms with van der Waals surface area (Å²) in [6.45, 7) is 1.93. The molecule has 0 amide bonds. The molecule has 0 saturated heterocycles. The molecular weight excluding hydrogens is 250 g/mol. The fourth-order valence-electron chi connectivity index (χ4n) is 2.09. The van der Waals surface area contributed by atoms with E-state index in [1.807, 2.05) is 61.7 Å². The van der Waals surface area contributed by atoms with Gasteiger partial charge in [-0.05, 0) is 48.5 Å². The molecule has 0 fully saturated rings. The average Bonchev–Trinajstić information content (AvgIpc) is 2.53. The predicted molar refractivity (Wildman–Crippen MR) is 82.0 cm³/mol. The highest BCUT2D eigenvalue weighted by molar-refractivity contribution is 5.55. The zero-order valence-corrected chi connectivity index (χ0v) is 12.0. The molecule has 104 valence electrons. The van der Waals surface area contributed by atoms with Crippen LogP contribution in [0.25, 0.3) is 0 Å². The highest BCUT2D eigenvalue weighted by Crippen LogP contribution is 2.28. The van der Waals surface area contributed by atoms with Crippen molar-refractivity contribution in [3.63, 3.8) is 0 Å². The van der Waals surface area contributed by atoms with Crippen LogP contribution < -0.4 is 9.47 Å². The smallest absolute Gasteiger partial charge is 0.118 e. The molecule has 0 atom stereocenters. The SMILES string of the molecule is C/C=N/C(c1ccc(OC)cc1)c1ccc(OC)cc1. The van der Waals surface area contributed by atoms with Crippen molar-refractivity contribution in [1.29, 1.82) is 0 Å². The highest BCUT2D eigenvalue weighted by Gasteiger charge is 2.12. The molecule has 0 bridgehead atoms. The quantitative estimate of drug-likeness (QED) is 0.771. The number of hydrogen-bond donors (Lipinski definition) is 0. The van der Waals surface area contributed by atoms with Crippen LogP contribution in [0.5, 0.6) is 11.5 Å². The number of hydrogen-bond acceptors (Lipinski definition) is 3. The van der Waals surface area contributed by atoms with E-state index in [9.17, 15) is 0 Å². The minimum atomic E-state index is -0.00295. The van der Waals surface area contributed by atoms with Crippen molar-refractivity contribution in [2.75, 3.05) is 14.2 Å². The van der Waals surface area contributed by atoms with Crippen LogP contribution in [0.15, 0.2) is 53.5 Å². The standard InChI is InChI=1S/C17H19NO2/c1-4-18-17(13-5-9-15(19-2)10-6-13)14-7-11-16(20-3)12-8-14/h4-12,17H,1-3H3/b18-4+. The lowest BCUT2D eigenvalue weighted by Gasteiger charge is -2.14. The number of methoxy groups -OCH3 is 2. The van der Waals surface area contributed by atoms with Gasteiger partial charge >= 0.3 is 0 Å². The molecular formula is C17H19NO2. The maximum Gasteiger partial charge on any atom is 0.118 e. The summed E-state index contributed by atoms with van der Waals surface area (Å²) in [6.07, 6.45) is 1.83. The van der Waals surface area contributed by atoms with Gasteiger partial charge in [0.2, 0.25) is 0 Å². The normalized spacial score (nSPS) is 11.0. The van der Waals surface area contributed by atoms with Gasteiger partial charge in [0.05, 0.1) is 20.3 Å². The van der Waals surface area contributed by atoms with Crippen LogP contribution in [0, 0.1) is 0 Å². The predicted octanol–water partition coefficient (Wildman–Crippen LogP) is 3.88. The zero-order valence-electron chi connectivity index (χ0n) is 12.0. The van der Waals surface area contributed by atoms with Crippen molar-refractivity contribution in [3.8, 4) is 11.5 Å². The van der Waals surface area contributed by atoms with Gasteiger partial charge in [0, 0.05) is 0 Å². The van der Waals surface area contributed by atoms with E-state index in [0.29, 0.717) is 0 Å². The minimum Gasteiger partial charge on any atom is -0.497 e. The first-order valence-electron chi connectivity index (χ1n) is 6.54. The summed E-state index contributed by atoms with van der Waals surface area (Å²) in [6, 6.07) is 16.0. The zero-order chi connectivity index (χ0) is 14.4. The van der Waals surface area contributed by atoms with E-state index >= 15 is 0 Å². The van der Waals surface area contributed by atoms with E-state index in [4.69, 9.17) is 9.47 Å². The minimum absolute atomic E-state index is 0.00295. The third-order valence-electron chi connectivity index (χ3n) is 3.16. The van der Waals surface area contributed by atoms with Gasteiger partial charge in [-0.1, -0.05) is 24.3 Å². The van der Waals surface area contributed by atoms with Crippen LogP contribution in [0.3, 0.4) is 0 Å². The summed E-state index contributed by atoms with van der Waals surface area (Å²) in [5, 5.41) is 0. The van der Waals surface area contributed by atoms with E-state index in [-0.39, 0.29) is 6.04 Å². The first kappa shape index (κ1) is 14.1. The molecule has 0 N–H and O–H groups in total. The van der Waals surface area contributed by atoms with Crippen LogP contribution in [-0.2, 0) is 0 Å². The third kappa shape index (κ3) is 3.18. The second-order valence-electron chi connectivity index (χ2n) is 4.36. The van der Waals surface area contributed by atoms with Crippen molar-refractivity contribution in [2.24, 2.45) is 4.99 Å². The third-order valence-corrected chi connectivity index (χ3v) is 3.16. The molecule has 0 aliphatic rings. The monoisotopic (exact) mass is 269 g/mol.